The van der Waals surface area contributed by atoms with Crippen LogP contribution in [0.2, 0.25) is 0 Å². The Bertz CT molecular complexity index is 258. The number of hydrogen-bond acceptors (Lipinski definition) is 4. The van der Waals surface area contributed by atoms with Gasteiger partial charge in [-0.25, -0.2) is 4.98 Å². The van der Waals surface area contributed by atoms with Gasteiger partial charge in [0.25, 0.3) is 0 Å². The van der Waals surface area contributed by atoms with Gasteiger partial charge in [-0.05, 0) is 40.4 Å². The summed E-state index contributed by atoms with van der Waals surface area (Å²) in [7, 11) is 4.22. The number of nitrogens with one attached hydrogen (secondary N) is 1. The number of aromatic nitrogens is 1. The highest BCUT2D eigenvalue weighted by molar-refractivity contribution is 7.13. The molecule has 0 aromatic carbocycles. The Morgan fingerprint density at radius 2 is 2.21 bits per heavy atom. The Morgan fingerprint density at radius 3 is 2.79 bits per heavy atom. The van der Waals surface area contributed by atoms with Gasteiger partial charge in [-0.15, -0.1) is 11.3 Å². The summed E-state index contributed by atoms with van der Waals surface area (Å²) in [5, 5.41) is 6.45. The number of nitrogens with zero attached hydrogens (tertiary/aromatic N) is 2. The highest BCUT2D eigenvalue weighted by Gasteiger charge is 1.96. The van der Waals surface area contributed by atoms with Gasteiger partial charge in [0.1, 0.15) is 0 Å². The third kappa shape index (κ3) is 4.58. The average molecular weight is 213 g/mol. The van der Waals surface area contributed by atoms with E-state index in [1.54, 1.807) is 11.3 Å². The second-order valence-electron chi connectivity index (χ2n) is 3.73. The lowest BCUT2D eigenvalue weighted by molar-refractivity contribution is 0.396. The molecule has 14 heavy (non-hydrogen) atoms. The van der Waals surface area contributed by atoms with Crippen molar-refractivity contribution < 1.29 is 0 Å². The van der Waals surface area contributed by atoms with Crippen LogP contribution < -0.4 is 5.32 Å². The van der Waals surface area contributed by atoms with Gasteiger partial charge in [0.2, 0.25) is 0 Å². The van der Waals surface area contributed by atoms with Crippen LogP contribution in [0.1, 0.15) is 18.5 Å². The Kier molecular flexibility index (Phi) is 4.90. The van der Waals surface area contributed by atoms with Gasteiger partial charge in [0.15, 0.2) is 5.13 Å². The zero-order valence-electron chi connectivity index (χ0n) is 9.21. The molecule has 0 amide bonds. The van der Waals surface area contributed by atoms with Gasteiger partial charge in [-0.3, -0.25) is 0 Å². The van der Waals surface area contributed by atoms with E-state index in [0.29, 0.717) is 0 Å². The quantitative estimate of drug-likeness (QED) is 0.734. The van der Waals surface area contributed by atoms with Gasteiger partial charge in [-0.2, -0.15) is 0 Å². The molecule has 0 atom stereocenters. The first kappa shape index (κ1) is 11.5. The zero-order valence-corrected chi connectivity index (χ0v) is 10.0. The topological polar surface area (TPSA) is 28.2 Å². The van der Waals surface area contributed by atoms with E-state index >= 15 is 0 Å². The second kappa shape index (κ2) is 5.98. The maximum atomic E-state index is 4.34. The van der Waals surface area contributed by atoms with Gasteiger partial charge in [-0.1, -0.05) is 0 Å². The van der Waals surface area contributed by atoms with Gasteiger partial charge >= 0.3 is 0 Å². The fourth-order valence-corrected chi connectivity index (χ4v) is 1.90. The number of thiazole rings is 1. The number of rotatable bonds is 6. The lowest BCUT2D eigenvalue weighted by Crippen LogP contribution is -2.14. The molecule has 3 nitrogen and oxygen atoms in total. The Morgan fingerprint density at radius 1 is 1.43 bits per heavy atom. The van der Waals surface area contributed by atoms with E-state index in [1.165, 1.54) is 19.4 Å². The van der Waals surface area contributed by atoms with Crippen molar-refractivity contribution in [3.05, 3.63) is 11.1 Å². The van der Waals surface area contributed by atoms with Gasteiger partial charge in [0.05, 0.1) is 5.69 Å². The van der Waals surface area contributed by atoms with Crippen molar-refractivity contribution in [2.45, 2.75) is 19.8 Å². The van der Waals surface area contributed by atoms with Crippen LogP contribution in [0.4, 0.5) is 5.13 Å². The van der Waals surface area contributed by atoms with Crippen molar-refractivity contribution in [1.82, 2.24) is 9.88 Å². The third-order valence-electron chi connectivity index (χ3n) is 1.93. The first-order valence-corrected chi connectivity index (χ1v) is 5.87. The molecule has 0 bridgehead atoms. The van der Waals surface area contributed by atoms with Crippen molar-refractivity contribution in [1.29, 1.82) is 0 Å². The normalized spacial score (nSPS) is 10.9. The summed E-state index contributed by atoms with van der Waals surface area (Å²) < 4.78 is 0. The summed E-state index contributed by atoms with van der Waals surface area (Å²) in [4.78, 5) is 6.56. The number of aryl methyl sites for hydroxylation is 1. The predicted octanol–water partition coefficient (Wildman–Crippen LogP) is 2.21. The molecule has 0 radical (unpaired) electrons. The van der Waals surface area contributed by atoms with Crippen molar-refractivity contribution in [3.8, 4) is 0 Å². The average Bonchev–Trinajstić information content (AvgIpc) is 2.50. The molecule has 4 heteroatoms. The summed E-state index contributed by atoms with van der Waals surface area (Å²) >= 11 is 1.68. The molecule has 1 aromatic rings. The Hall–Kier alpha value is -0.610. The molecule has 0 aliphatic heterocycles. The predicted molar refractivity (Wildman–Crippen MR) is 63.1 cm³/mol. The molecule has 1 N–H and O–H groups in total. The fourth-order valence-electron chi connectivity index (χ4n) is 1.18. The van der Waals surface area contributed by atoms with Crippen molar-refractivity contribution >= 4 is 16.5 Å². The molecule has 0 fully saturated rings. The van der Waals surface area contributed by atoms with Gasteiger partial charge < -0.3 is 10.2 Å². The lowest BCUT2D eigenvalue weighted by atomic mass is 10.3. The number of hydrogen-bond donors (Lipinski definition) is 1. The van der Waals surface area contributed by atoms with Crippen LogP contribution in [0.15, 0.2) is 5.38 Å². The third-order valence-corrected chi connectivity index (χ3v) is 2.85. The summed E-state index contributed by atoms with van der Waals surface area (Å²) in [5.74, 6) is 0. The molecule has 1 aromatic heterocycles. The van der Waals surface area contributed by atoms with E-state index in [4.69, 9.17) is 0 Å². The van der Waals surface area contributed by atoms with E-state index in [-0.39, 0.29) is 0 Å². The number of unbranched alkanes of at least 4 members (excludes halogenated alkanes) is 1. The first-order valence-electron chi connectivity index (χ1n) is 4.99. The summed E-state index contributed by atoms with van der Waals surface area (Å²) in [6.45, 7) is 4.22. The van der Waals surface area contributed by atoms with Crippen LogP contribution in [0, 0.1) is 6.92 Å². The minimum absolute atomic E-state index is 1.03. The molecule has 0 spiro atoms. The maximum Gasteiger partial charge on any atom is 0.182 e. The molecular weight excluding hydrogens is 194 g/mol. The van der Waals surface area contributed by atoms with Gasteiger partial charge in [0, 0.05) is 11.9 Å². The van der Waals surface area contributed by atoms with Crippen LogP contribution in [0.3, 0.4) is 0 Å². The molecule has 0 saturated carbocycles. The zero-order chi connectivity index (χ0) is 10.4. The SMILES string of the molecule is Cc1csc(NCCCCN(C)C)n1. The molecule has 0 saturated heterocycles. The molecule has 0 unspecified atom stereocenters. The van der Waals surface area contributed by atoms with Crippen LogP contribution in [0.25, 0.3) is 0 Å². The van der Waals surface area contributed by atoms with E-state index in [2.05, 4.69) is 34.7 Å². The number of anilines is 1. The molecule has 0 aliphatic rings. The highest BCUT2D eigenvalue weighted by Crippen LogP contribution is 2.13. The fraction of sp³-hybridized carbons (Fsp3) is 0.700. The molecular formula is C10H19N3S. The largest absolute Gasteiger partial charge is 0.362 e. The molecule has 80 valence electrons. The maximum absolute atomic E-state index is 4.34. The minimum Gasteiger partial charge on any atom is -0.362 e. The van der Waals surface area contributed by atoms with E-state index in [1.807, 2.05) is 6.92 Å². The van der Waals surface area contributed by atoms with E-state index in [9.17, 15) is 0 Å². The summed E-state index contributed by atoms with van der Waals surface area (Å²) in [6, 6.07) is 0. The minimum atomic E-state index is 1.03. The van der Waals surface area contributed by atoms with Crippen LogP contribution >= 0.6 is 11.3 Å². The molecule has 1 rings (SSSR count). The Balaban J connectivity index is 2.04. The highest BCUT2D eigenvalue weighted by atomic mass is 32.1. The van der Waals surface area contributed by atoms with Crippen molar-refractivity contribution in [2.24, 2.45) is 0 Å². The standard InChI is InChI=1S/C10H19N3S/c1-9-8-14-10(12-9)11-6-4-5-7-13(2)3/h8H,4-7H2,1-3H3,(H,11,12). The summed E-state index contributed by atoms with van der Waals surface area (Å²) in [6.07, 6.45) is 2.45. The Labute approximate surface area is 90.2 Å². The van der Waals surface area contributed by atoms with Crippen molar-refractivity contribution in [2.75, 3.05) is 32.5 Å². The molecule has 1 heterocycles. The van der Waals surface area contributed by atoms with E-state index in [0.717, 1.165) is 17.4 Å². The lowest BCUT2D eigenvalue weighted by Gasteiger charge is -2.08. The molecule has 0 aliphatic carbocycles. The van der Waals surface area contributed by atoms with Crippen LogP contribution in [-0.4, -0.2) is 37.1 Å². The van der Waals surface area contributed by atoms with Crippen LogP contribution in [-0.2, 0) is 0 Å². The van der Waals surface area contributed by atoms with Crippen LogP contribution in [0.5, 0.6) is 0 Å². The second-order valence-corrected chi connectivity index (χ2v) is 4.59. The first-order chi connectivity index (χ1) is 6.68. The monoisotopic (exact) mass is 213 g/mol. The van der Waals surface area contributed by atoms with E-state index < -0.39 is 0 Å². The summed E-state index contributed by atoms with van der Waals surface area (Å²) in [5.41, 5.74) is 1.10. The smallest absolute Gasteiger partial charge is 0.182 e. The van der Waals surface area contributed by atoms with Crippen molar-refractivity contribution in [3.63, 3.8) is 0 Å².